The number of phenolic OH excluding ortho intramolecular Hbond substituents is 3. The van der Waals surface area contributed by atoms with Crippen molar-refractivity contribution in [1.29, 1.82) is 0 Å². The topological polar surface area (TPSA) is 124 Å². The van der Waals surface area contributed by atoms with E-state index >= 15 is 0 Å². The second-order valence-corrected chi connectivity index (χ2v) is 3.54. The molecule has 0 fully saturated rings. The fourth-order valence-corrected chi connectivity index (χ4v) is 1.00. The van der Waals surface area contributed by atoms with E-state index in [-0.39, 0.29) is 12.2 Å². The normalized spacial score (nSPS) is 9.05. The van der Waals surface area contributed by atoms with Crippen molar-refractivity contribution in [3.8, 4) is 17.2 Å². The number of hydrogen-bond donors (Lipinski definition) is 4. The summed E-state index contributed by atoms with van der Waals surface area (Å²) in [5.41, 5.74) is -0.00347. The third-order valence-corrected chi connectivity index (χ3v) is 1.92. The zero-order valence-corrected chi connectivity index (χ0v) is 10.9. The number of carboxylic acid groups (broad SMARTS) is 1. The van der Waals surface area contributed by atoms with Crippen LogP contribution in [0.25, 0.3) is 0 Å². The molecule has 0 radical (unpaired) electrons. The maximum atomic E-state index is 11.3. The van der Waals surface area contributed by atoms with Crippen LogP contribution in [-0.2, 0) is 9.53 Å². The second-order valence-electron chi connectivity index (χ2n) is 3.54. The van der Waals surface area contributed by atoms with E-state index < -0.39 is 29.2 Å². The highest BCUT2D eigenvalue weighted by molar-refractivity contribution is 5.91. The minimum atomic E-state index is -0.981. The largest absolute Gasteiger partial charge is 0.504 e. The second kappa shape index (κ2) is 8.41. The van der Waals surface area contributed by atoms with Gasteiger partial charge in [-0.1, -0.05) is 13.5 Å². The van der Waals surface area contributed by atoms with E-state index in [2.05, 4.69) is 6.58 Å². The Labute approximate surface area is 115 Å². The Balaban J connectivity index is 0.000000621. The third kappa shape index (κ3) is 5.76. The van der Waals surface area contributed by atoms with Gasteiger partial charge in [0, 0.05) is 6.08 Å². The monoisotopic (exact) mass is 284 g/mol. The van der Waals surface area contributed by atoms with E-state index in [0.29, 0.717) is 6.42 Å². The molecule has 1 aromatic carbocycles. The van der Waals surface area contributed by atoms with Crippen LogP contribution in [0.2, 0.25) is 0 Å². The molecular weight excluding hydrogens is 268 g/mol. The molecule has 7 heteroatoms. The van der Waals surface area contributed by atoms with Gasteiger partial charge in [0.2, 0.25) is 0 Å². The molecule has 0 bridgehead atoms. The Hall–Kier alpha value is -2.70. The molecule has 0 atom stereocenters. The number of carbonyl (C=O) groups excluding carboxylic acids is 1. The number of carboxylic acids is 1. The van der Waals surface area contributed by atoms with Crippen LogP contribution < -0.4 is 0 Å². The number of carbonyl (C=O) groups is 2. The Morgan fingerprint density at radius 3 is 2.05 bits per heavy atom. The molecule has 7 nitrogen and oxygen atoms in total. The summed E-state index contributed by atoms with van der Waals surface area (Å²) in [6.07, 6.45) is 1.52. The van der Waals surface area contributed by atoms with Gasteiger partial charge in [-0.3, -0.25) is 0 Å². The molecule has 0 spiro atoms. The van der Waals surface area contributed by atoms with Crippen molar-refractivity contribution in [3.05, 3.63) is 30.4 Å². The molecule has 20 heavy (non-hydrogen) atoms. The predicted molar refractivity (Wildman–Crippen MR) is 69.8 cm³/mol. The molecule has 0 aliphatic rings. The zero-order valence-electron chi connectivity index (χ0n) is 10.9. The van der Waals surface area contributed by atoms with E-state index in [0.717, 1.165) is 18.2 Å². The molecule has 0 saturated heterocycles. The highest BCUT2D eigenvalue weighted by Gasteiger charge is 2.13. The minimum Gasteiger partial charge on any atom is -0.504 e. The number of benzene rings is 1. The van der Waals surface area contributed by atoms with Crippen LogP contribution >= 0.6 is 0 Å². The van der Waals surface area contributed by atoms with Gasteiger partial charge in [0.15, 0.2) is 17.2 Å². The highest BCUT2D eigenvalue weighted by Crippen LogP contribution is 2.35. The van der Waals surface area contributed by atoms with Crippen molar-refractivity contribution in [3.63, 3.8) is 0 Å². The molecule has 0 unspecified atom stereocenters. The van der Waals surface area contributed by atoms with Gasteiger partial charge in [-0.15, -0.1) is 0 Å². The Morgan fingerprint density at radius 2 is 1.70 bits per heavy atom. The first-order valence-electron chi connectivity index (χ1n) is 5.60. The lowest BCUT2D eigenvalue weighted by Crippen LogP contribution is -2.05. The smallest absolute Gasteiger partial charge is 0.338 e. The molecule has 1 rings (SSSR count). The summed E-state index contributed by atoms with van der Waals surface area (Å²) >= 11 is 0. The summed E-state index contributed by atoms with van der Waals surface area (Å²) in [6, 6.07) is 2.07. The van der Waals surface area contributed by atoms with Crippen molar-refractivity contribution < 1.29 is 34.8 Å². The maximum Gasteiger partial charge on any atom is 0.338 e. The average molecular weight is 284 g/mol. The summed E-state index contributed by atoms with van der Waals surface area (Å²) in [4.78, 5) is 20.5. The van der Waals surface area contributed by atoms with Crippen LogP contribution in [0.4, 0.5) is 0 Å². The van der Waals surface area contributed by atoms with Crippen LogP contribution in [0.5, 0.6) is 17.2 Å². The van der Waals surface area contributed by atoms with Gasteiger partial charge in [-0.2, -0.15) is 0 Å². The molecule has 0 aromatic heterocycles. The van der Waals surface area contributed by atoms with E-state index in [1.807, 2.05) is 6.92 Å². The van der Waals surface area contributed by atoms with Crippen molar-refractivity contribution >= 4 is 11.9 Å². The van der Waals surface area contributed by atoms with Gasteiger partial charge in [-0.25, -0.2) is 9.59 Å². The molecule has 0 saturated carbocycles. The lowest BCUT2D eigenvalue weighted by molar-refractivity contribution is -0.131. The Morgan fingerprint density at radius 1 is 1.25 bits per heavy atom. The lowest BCUT2D eigenvalue weighted by atomic mass is 10.2. The standard InChI is InChI=1S/C10H12O5.C3H4O2/c1-2-3-15-10(14)6-4-7(11)9(13)8(12)5-6;1-2-3(4)5/h4-5,11-13H,2-3H2,1H3;2H,1H2,(H,4,5). The molecule has 4 N–H and O–H groups in total. The summed E-state index contributed by atoms with van der Waals surface area (Å²) < 4.78 is 4.78. The SMILES string of the molecule is C=CC(=O)O.CCCOC(=O)c1cc(O)c(O)c(O)c1. The van der Waals surface area contributed by atoms with E-state index in [4.69, 9.17) is 25.2 Å². The van der Waals surface area contributed by atoms with Crippen LogP contribution in [-0.4, -0.2) is 39.0 Å². The summed E-state index contributed by atoms with van der Waals surface area (Å²) in [6.45, 7) is 5.07. The van der Waals surface area contributed by atoms with E-state index in [1.165, 1.54) is 0 Å². The van der Waals surface area contributed by atoms with Crippen LogP contribution in [0.15, 0.2) is 24.8 Å². The number of phenols is 3. The number of esters is 1. The van der Waals surface area contributed by atoms with Gasteiger partial charge in [0.25, 0.3) is 0 Å². The predicted octanol–water partition coefficient (Wildman–Crippen LogP) is 1.63. The van der Waals surface area contributed by atoms with Crippen LogP contribution in [0.1, 0.15) is 23.7 Å². The Kier molecular flexibility index (Phi) is 7.27. The summed E-state index contributed by atoms with van der Waals surface area (Å²) in [5.74, 6) is -3.40. The maximum absolute atomic E-state index is 11.3. The summed E-state index contributed by atoms with van der Waals surface area (Å²) in [7, 11) is 0. The van der Waals surface area contributed by atoms with Crippen molar-refractivity contribution in [2.75, 3.05) is 6.61 Å². The first-order valence-corrected chi connectivity index (χ1v) is 5.60. The number of aliphatic carboxylic acids is 1. The summed E-state index contributed by atoms with van der Waals surface area (Å²) in [5, 5.41) is 34.9. The number of aromatic hydroxyl groups is 3. The lowest BCUT2D eigenvalue weighted by Gasteiger charge is -2.05. The molecule has 0 amide bonds. The van der Waals surface area contributed by atoms with Gasteiger partial charge in [-0.05, 0) is 18.6 Å². The third-order valence-electron chi connectivity index (χ3n) is 1.92. The zero-order chi connectivity index (χ0) is 15.7. The van der Waals surface area contributed by atoms with Gasteiger partial charge in [0.1, 0.15) is 0 Å². The van der Waals surface area contributed by atoms with Crippen molar-refractivity contribution in [1.82, 2.24) is 0 Å². The molecule has 0 heterocycles. The number of rotatable bonds is 4. The van der Waals surface area contributed by atoms with E-state index in [9.17, 15) is 9.59 Å². The van der Waals surface area contributed by atoms with Gasteiger partial charge >= 0.3 is 11.9 Å². The number of ether oxygens (including phenoxy) is 1. The van der Waals surface area contributed by atoms with Crippen LogP contribution in [0.3, 0.4) is 0 Å². The van der Waals surface area contributed by atoms with E-state index in [1.54, 1.807) is 0 Å². The van der Waals surface area contributed by atoms with Gasteiger partial charge < -0.3 is 25.2 Å². The van der Waals surface area contributed by atoms with Gasteiger partial charge in [0.05, 0.1) is 12.2 Å². The van der Waals surface area contributed by atoms with Crippen molar-refractivity contribution in [2.24, 2.45) is 0 Å². The Bertz CT molecular complexity index is 470. The average Bonchev–Trinajstić information content (AvgIpc) is 2.42. The molecule has 1 aromatic rings. The number of hydrogen-bond acceptors (Lipinski definition) is 6. The minimum absolute atomic E-state index is 0.00347. The molecule has 0 aliphatic heterocycles. The first kappa shape index (κ1) is 17.3. The first-order chi connectivity index (χ1) is 9.33. The fourth-order valence-electron chi connectivity index (χ4n) is 1.00. The fraction of sp³-hybridized carbons (Fsp3) is 0.231. The molecule has 0 aliphatic carbocycles. The van der Waals surface area contributed by atoms with Crippen molar-refractivity contribution in [2.45, 2.75) is 13.3 Å². The van der Waals surface area contributed by atoms with Crippen LogP contribution in [0, 0.1) is 0 Å². The quantitative estimate of drug-likeness (QED) is 0.376. The molecule has 110 valence electrons. The molecular formula is C13H16O7. The highest BCUT2D eigenvalue weighted by atomic mass is 16.5.